The van der Waals surface area contributed by atoms with Gasteiger partial charge in [-0.1, -0.05) is 37.6 Å². The van der Waals surface area contributed by atoms with Gasteiger partial charge >= 0.3 is 0 Å². The Balaban J connectivity index is 1.65. The normalized spacial score (nSPS) is 17.0. The van der Waals surface area contributed by atoms with Crippen LogP contribution in [0.15, 0.2) is 43.0 Å². The maximum absolute atomic E-state index is 4.15. The summed E-state index contributed by atoms with van der Waals surface area (Å²) in [6, 6.07) is 9.30. The molecule has 3 rings (SSSR count). The number of benzene rings is 1. The fourth-order valence-electron chi connectivity index (χ4n) is 2.97. The monoisotopic (exact) mass is 332 g/mol. The van der Waals surface area contributed by atoms with Gasteiger partial charge in [0.25, 0.3) is 0 Å². The molecule has 0 aliphatic carbocycles. The van der Waals surface area contributed by atoms with Crippen molar-refractivity contribution < 1.29 is 0 Å². The molecule has 1 aliphatic heterocycles. The lowest BCUT2D eigenvalue weighted by Gasteiger charge is -2.27. The molecule has 4 heteroatoms. The van der Waals surface area contributed by atoms with E-state index in [1.54, 1.807) is 0 Å². The van der Waals surface area contributed by atoms with E-state index >= 15 is 0 Å². The molecule has 2 aromatic rings. The first-order chi connectivity index (χ1) is 10.8. The average molecular weight is 333 g/mol. The number of rotatable bonds is 7. The Morgan fingerprint density at radius 3 is 2.50 bits per heavy atom. The van der Waals surface area contributed by atoms with E-state index in [1.807, 2.05) is 12.5 Å². The van der Waals surface area contributed by atoms with Crippen LogP contribution in [0.1, 0.15) is 30.9 Å². The van der Waals surface area contributed by atoms with Gasteiger partial charge in [-0.15, -0.1) is 23.5 Å². The second kappa shape index (κ2) is 7.60. The van der Waals surface area contributed by atoms with Crippen LogP contribution in [0.4, 0.5) is 0 Å². The van der Waals surface area contributed by atoms with E-state index in [-0.39, 0.29) is 0 Å². The summed E-state index contributed by atoms with van der Waals surface area (Å²) in [4.78, 5) is 4.15. The van der Waals surface area contributed by atoms with E-state index in [4.69, 9.17) is 0 Å². The Hall–Kier alpha value is -0.870. The number of hydrogen-bond donors (Lipinski definition) is 0. The third-order valence-corrected chi connectivity index (χ3v) is 7.69. The molecule has 0 N–H and O–H groups in total. The van der Waals surface area contributed by atoms with Crippen molar-refractivity contribution in [1.29, 1.82) is 0 Å². The van der Waals surface area contributed by atoms with Crippen LogP contribution in [0.3, 0.4) is 0 Å². The number of aromatic nitrogens is 2. The molecule has 0 radical (unpaired) electrons. The minimum absolute atomic E-state index is 0.344. The fourth-order valence-corrected chi connectivity index (χ4v) is 6.23. The van der Waals surface area contributed by atoms with Gasteiger partial charge in [-0.25, -0.2) is 4.98 Å². The molecule has 0 unspecified atom stereocenters. The molecule has 1 fully saturated rings. The molecular formula is C18H24N2S2. The van der Waals surface area contributed by atoms with E-state index < -0.39 is 0 Å². The molecule has 0 saturated carbocycles. The highest BCUT2D eigenvalue weighted by atomic mass is 32.2. The third kappa shape index (κ3) is 4.11. The number of imidazole rings is 1. The summed E-state index contributed by atoms with van der Waals surface area (Å²) in [6.45, 7) is 3.30. The summed E-state index contributed by atoms with van der Waals surface area (Å²) in [7, 11) is 0. The standard InChI is InChI=1S/C18H24N2S2/c1-2-3-16-4-6-17(7-5-16)14-18(21-12-13-22-18)8-10-20-11-9-19-15-20/h4-7,9,11,15H,2-3,8,10,12-14H2,1H3. The smallest absolute Gasteiger partial charge is 0.0945 e. The van der Waals surface area contributed by atoms with E-state index in [0.717, 1.165) is 6.54 Å². The average Bonchev–Trinajstić information content (AvgIpc) is 3.20. The molecule has 2 heterocycles. The molecule has 2 nitrogen and oxygen atoms in total. The first-order valence-corrected chi connectivity index (χ1v) is 10.1. The van der Waals surface area contributed by atoms with Gasteiger partial charge in [0.05, 0.1) is 10.4 Å². The Kier molecular flexibility index (Phi) is 5.53. The van der Waals surface area contributed by atoms with Gasteiger partial charge in [0.1, 0.15) is 0 Å². The van der Waals surface area contributed by atoms with Crippen molar-refractivity contribution in [2.75, 3.05) is 11.5 Å². The van der Waals surface area contributed by atoms with Crippen molar-refractivity contribution in [3.05, 3.63) is 54.1 Å². The number of aryl methyl sites for hydroxylation is 2. The van der Waals surface area contributed by atoms with E-state index in [0.29, 0.717) is 4.08 Å². The predicted octanol–water partition coefficient (Wildman–Crippen LogP) is 4.64. The second-order valence-electron chi connectivity index (χ2n) is 5.90. The first-order valence-electron chi connectivity index (χ1n) is 8.11. The lowest BCUT2D eigenvalue weighted by molar-refractivity contribution is 0.597. The highest BCUT2D eigenvalue weighted by molar-refractivity contribution is 8.21. The molecule has 1 aliphatic rings. The van der Waals surface area contributed by atoms with Crippen LogP contribution in [0.2, 0.25) is 0 Å². The molecule has 0 spiro atoms. The van der Waals surface area contributed by atoms with Gasteiger partial charge in [-0.3, -0.25) is 0 Å². The molecule has 1 aromatic carbocycles. The van der Waals surface area contributed by atoms with Crippen molar-refractivity contribution in [3.8, 4) is 0 Å². The van der Waals surface area contributed by atoms with Crippen molar-refractivity contribution in [2.24, 2.45) is 0 Å². The maximum atomic E-state index is 4.15. The summed E-state index contributed by atoms with van der Waals surface area (Å²) in [5, 5.41) is 0. The van der Waals surface area contributed by atoms with Crippen LogP contribution >= 0.6 is 23.5 Å². The summed E-state index contributed by atoms with van der Waals surface area (Å²) in [5.41, 5.74) is 2.94. The molecule has 0 atom stereocenters. The minimum atomic E-state index is 0.344. The van der Waals surface area contributed by atoms with Gasteiger partial charge in [-0.2, -0.15) is 0 Å². The largest absolute Gasteiger partial charge is 0.337 e. The van der Waals surface area contributed by atoms with E-state index in [1.165, 1.54) is 48.3 Å². The molecule has 1 saturated heterocycles. The van der Waals surface area contributed by atoms with Gasteiger partial charge in [0, 0.05) is 30.4 Å². The summed E-state index contributed by atoms with van der Waals surface area (Å²) >= 11 is 4.30. The molecular weight excluding hydrogens is 308 g/mol. The van der Waals surface area contributed by atoms with Crippen LogP contribution < -0.4 is 0 Å². The molecule has 0 bridgehead atoms. The Labute approximate surface area is 142 Å². The zero-order chi connectivity index (χ0) is 15.3. The number of nitrogens with zero attached hydrogens (tertiary/aromatic N) is 2. The second-order valence-corrected chi connectivity index (χ2v) is 9.12. The van der Waals surface area contributed by atoms with Gasteiger partial charge < -0.3 is 4.57 Å². The Morgan fingerprint density at radius 1 is 1.14 bits per heavy atom. The van der Waals surface area contributed by atoms with Gasteiger partial charge in [0.15, 0.2) is 0 Å². The summed E-state index contributed by atoms with van der Waals surface area (Å²) in [6.07, 6.45) is 10.7. The quantitative estimate of drug-likeness (QED) is 0.735. The summed E-state index contributed by atoms with van der Waals surface area (Å²) < 4.78 is 2.54. The van der Waals surface area contributed by atoms with Gasteiger partial charge in [0.2, 0.25) is 0 Å². The van der Waals surface area contributed by atoms with Gasteiger partial charge in [-0.05, 0) is 30.4 Å². The van der Waals surface area contributed by atoms with Crippen molar-refractivity contribution >= 4 is 23.5 Å². The maximum Gasteiger partial charge on any atom is 0.0945 e. The number of thioether (sulfide) groups is 2. The van der Waals surface area contributed by atoms with Crippen LogP contribution in [-0.4, -0.2) is 25.1 Å². The molecule has 118 valence electrons. The van der Waals surface area contributed by atoms with Crippen LogP contribution in [-0.2, 0) is 19.4 Å². The number of hydrogen-bond acceptors (Lipinski definition) is 3. The Bertz CT molecular complexity index is 557. The SMILES string of the molecule is CCCc1ccc(CC2(CCn3ccnc3)SCCS2)cc1. The zero-order valence-corrected chi connectivity index (χ0v) is 14.8. The van der Waals surface area contributed by atoms with Crippen molar-refractivity contribution in [2.45, 2.75) is 43.2 Å². The molecule has 1 aromatic heterocycles. The highest BCUT2D eigenvalue weighted by Gasteiger charge is 2.35. The van der Waals surface area contributed by atoms with E-state index in [9.17, 15) is 0 Å². The molecule has 0 amide bonds. The topological polar surface area (TPSA) is 17.8 Å². The van der Waals surface area contributed by atoms with Crippen LogP contribution in [0.25, 0.3) is 0 Å². The summed E-state index contributed by atoms with van der Waals surface area (Å²) in [5.74, 6) is 2.56. The van der Waals surface area contributed by atoms with Crippen molar-refractivity contribution in [3.63, 3.8) is 0 Å². The molecule has 22 heavy (non-hydrogen) atoms. The van der Waals surface area contributed by atoms with E-state index in [2.05, 4.69) is 70.5 Å². The predicted molar refractivity (Wildman–Crippen MR) is 98.6 cm³/mol. The van der Waals surface area contributed by atoms with Crippen LogP contribution in [0.5, 0.6) is 0 Å². The lowest BCUT2D eigenvalue weighted by atomic mass is 10.0. The first kappa shape index (κ1) is 16.0. The fraction of sp³-hybridized carbons (Fsp3) is 0.500. The minimum Gasteiger partial charge on any atom is -0.337 e. The highest BCUT2D eigenvalue weighted by Crippen LogP contribution is 2.48. The van der Waals surface area contributed by atoms with Crippen molar-refractivity contribution in [1.82, 2.24) is 9.55 Å². The Morgan fingerprint density at radius 2 is 1.86 bits per heavy atom. The zero-order valence-electron chi connectivity index (χ0n) is 13.2. The third-order valence-electron chi connectivity index (χ3n) is 4.16. The lowest BCUT2D eigenvalue weighted by Crippen LogP contribution is -2.23. The van der Waals surface area contributed by atoms with Crippen LogP contribution in [0, 0.1) is 0 Å².